The lowest BCUT2D eigenvalue weighted by Crippen LogP contribution is -2.46. The zero-order valence-corrected chi connectivity index (χ0v) is 14.5. The number of carbonyl (C=O) groups excluding carboxylic acids is 3. The third-order valence-corrected chi connectivity index (χ3v) is 3.45. The zero-order chi connectivity index (χ0) is 19.4. The van der Waals surface area contributed by atoms with Crippen molar-refractivity contribution >= 4 is 17.9 Å². The van der Waals surface area contributed by atoms with Crippen molar-refractivity contribution in [2.45, 2.75) is 38.0 Å². The Bertz CT molecular complexity index is 606. The molecule has 0 aliphatic rings. The van der Waals surface area contributed by atoms with Crippen LogP contribution in [0.4, 0.5) is 4.79 Å². The smallest absolute Gasteiger partial charge is 0.407 e. The van der Waals surface area contributed by atoms with Gasteiger partial charge in [0.05, 0.1) is 12.5 Å². The Kier molecular flexibility index (Phi) is 9.48. The molecular weight excluding hydrogens is 338 g/mol. The number of aliphatic hydroxyl groups is 1. The van der Waals surface area contributed by atoms with Crippen LogP contribution in [-0.4, -0.2) is 41.7 Å². The average Bonchev–Trinajstić information content (AvgIpc) is 2.62. The van der Waals surface area contributed by atoms with Gasteiger partial charge in [0.15, 0.2) is 0 Å². The molecule has 142 valence electrons. The van der Waals surface area contributed by atoms with E-state index in [1.165, 1.54) is 0 Å². The van der Waals surface area contributed by atoms with Crippen molar-refractivity contribution in [1.82, 2.24) is 10.6 Å². The number of amides is 3. The maximum absolute atomic E-state index is 11.8. The van der Waals surface area contributed by atoms with Crippen molar-refractivity contribution in [2.75, 3.05) is 6.54 Å². The van der Waals surface area contributed by atoms with Crippen molar-refractivity contribution in [3.63, 3.8) is 0 Å². The van der Waals surface area contributed by atoms with Gasteiger partial charge in [-0.25, -0.2) is 4.79 Å². The Morgan fingerprint density at radius 3 is 2.58 bits per heavy atom. The Balaban J connectivity index is 2.28. The Hall–Kier alpha value is -2.87. The lowest BCUT2D eigenvalue weighted by atomic mass is 10.1. The number of nitrogens with one attached hydrogen (secondary N) is 2. The maximum Gasteiger partial charge on any atom is 0.407 e. The van der Waals surface area contributed by atoms with Crippen molar-refractivity contribution in [3.8, 4) is 0 Å². The number of ether oxygens (including phenoxy) is 1. The minimum atomic E-state index is -1.12. The van der Waals surface area contributed by atoms with E-state index in [0.29, 0.717) is 12.8 Å². The summed E-state index contributed by atoms with van der Waals surface area (Å²) in [6.45, 7) is 3.48. The second kappa shape index (κ2) is 11.6. The number of hydrogen-bond donors (Lipinski definition) is 4. The number of aliphatic hydroxyl groups excluding tert-OH is 1. The molecule has 3 amide bonds. The molecule has 0 unspecified atom stereocenters. The summed E-state index contributed by atoms with van der Waals surface area (Å²) in [6.07, 6.45) is 0.371. The minimum Gasteiger partial charge on any atom is -0.445 e. The number of nitrogens with two attached hydrogens (primary N) is 1. The second-order valence-corrected chi connectivity index (χ2v) is 5.69. The van der Waals surface area contributed by atoms with Gasteiger partial charge in [0.2, 0.25) is 11.8 Å². The van der Waals surface area contributed by atoms with Gasteiger partial charge in [-0.3, -0.25) is 9.59 Å². The van der Waals surface area contributed by atoms with E-state index in [1.54, 1.807) is 6.08 Å². The first kappa shape index (κ1) is 21.2. The number of hydrogen-bond acceptors (Lipinski definition) is 5. The quantitative estimate of drug-likeness (QED) is 0.428. The van der Waals surface area contributed by atoms with Crippen molar-refractivity contribution < 1.29 is 24.2 Å². The fraction of sp³-hybridized carbons (Fsp3) is 0.389. The summed E-state index contributed by atoms with van der Waals surface area (Å²) in [7, 11) is 0. The van der Waals surface area contributed by atoms with E-state index in [1.807, 2.05) is 30.3 Å². The van der Waals surface area contributed by atoms with E-state index in [2.05, 4.69) is 17.2 Å². The third kappa shape index (κ3) is 8.84. The molecular formula is C18H25N3O5. The van der Waals surface area contributed by atoms with Gasteiger partial charge in [-0.05, 0) is 18.4 Å². The first-order valence-electron chi connectivity index (χ1n) is 8.24. The van der Waals surface area contributed by atoms with Gasteiger partial charge < -0.3 is 26.2 Å². The normalized spacial score (nSPS) is 12.5. The summed E-state index contributed by atoms with van der Waals surface area (Å²) in [4.78, 5) is 34.7. The van der Waals surface area contributed by atoms with Gasteiger partial charge in [0, 0.05) is 6.54 Å². The van der Waals surface area contributed by atoms with Gasteiger partial charge in [-0.15, -0.1) is 6.58 Å². The van der Waals surface area contributed by atoms with Crippen LogP contribution < -0.4 is 16.4 Å². The fourth-order valence-electron chi connectivity index (χ4n) is 2.08. The van der Waals surface area contributed by atoms with Crippen LogP contribution in [0.1, 0.15) is 24.8 Å². The highest BCUT2D eigenvalue weighted by Crippen LogP contribution is 2.01. The molecule has 1 aromatic rings. The number of benzene rings is 1. The molecule has 8 nitrogen and oxygen atoms in total. The summed E-state index contributed by atoms with van der Waals surface area (Å²) in [5, 5.41) is 14.6. The molecule has 0 aromatic heterocycles. The molecule has 2 atom stereocenters. The number of allylic oxidation sites excluding steroid dienone is 1. The predicted octanol–water partition coefficient (Wildman–Crippen LogP) is 0.600. The Morgan fingerprint density at radius 2 is 1.96 bits per heavy atom. The van der Waals surface area contributed by atoms with Crippen molar-refractivity contribution in [2.24, 2.45) is 5.73 Å². The van der Waals surface area contributed by atoms with E-state index in [-0.39, 0.29) is 19.6 Å². The van der Waals surface area contributed by atoms with Gasteiger partial charge in [-0.1, -0.05) is 36.4 Å². The van der Waals surface area contributed by atoms with Crippen LogP contribution in [-0.2, 0) is 20.9 Å². The molecule has 0 bridgehead atoms. The molecule has 0 spiro atoms. The Morgan fingerprint density at radius 1 is 1.27 bits per heavy atom. The van der Waals surface area contributed by atoms with E-state index >= 15 is 0 Å². The number of rotatable bonds is 11. The maximum atomic E-state index is 11.8. The van der Waals surface area contributed by atoms with Gasteiger partial charge in [-0.2, -0.15) is 0 Å². The molecule has 0 saturated carbocycles. The predicted molar refractivity (Wildman–Crippen MR) is 95.8 cm³/mol. The van der Waals surface area contributed by atoms with Crippen LogP contribution in [0.2, 0.25) is 0 Å². The van der Waals surface area contributed by atoms with Crippen LogP contribution in [0, 0.1) is 0 Å². The summed E-state index contributed by atoms with van der Waals surface area (Å²) in [6, 6.07) is 8.31. The molecule has 26 heavy (non-hydrogen) atoms. The molecule has 0 heterocycles. The Labute approximate surface area is 152 Å². The highest BCUT2D eigenvalue weighted by Gasteiger charge is 2.19. The standard InChI is InChI=1S/C18H25N3O5/c1-2-3-9-15(17(19)24)21-16(23)10-14(22)11-20-18(25)26-12-13-7-5-4-6-8-13/h2,4-8,14-15,22H,1,3,9-12H2,(H2,19,24)(H,20,25)(H,21,23)/t14-,15+/m1/s1. The highest BCUT2D eigenvalue weighted by atomic mass is 16.5. The van der Waals surface area contributed by atoms with E-state index in [9.17, 15) is 19.5 Å². The summed E-state index contributed by atoms with van der Waals surface area (Å²) in [5.74, 6) is -1.19. The first-order valence-corrected chi connectivity index (χ1v) is 8.24. The van der Waals surface area contributed by atoms with E-state index < -0.39 is 30.1 Å². The van der Waals surface area contributed by atoms with Crippen LogP contribution in [0.25, 0.3) is 0 Å². The topological polar surface area (TPSA) is 131 Å². The zero-order valence-electron chi connectivity index (χ0n) is 14.5. The van der Waals surface area contributed by atoms with E-state index in [0.717, 1.165) is 5.56 Å². The van der Waals surface area contributed by atoms with Crippen LogP contribution >= 0.6 is 0 Å². The minimum absolute atomic E-state index is 0.104. The third-order valence-electron chi connectivity index (χ3n) is 3.45. The highest BCUT2D eigenvalue weighted by molar-refractivity contribution is 5.86. The number of primary amides is 1. The molecule has 0 saturated heterocycles. The number of carbonyl (C=O) groups is 3. The molecule has 5 N–H and O–H groups in total. The number of alkyl carbamates (subject to hydrolysis) is 1. The SMILES string of the molecule is C=CCC[C@H](NC(=O)C[C@@H](O)CNC(=O)OCc1ccccc1)C(N)=O. The van der Waals surface area contributed by atoms with Crippen molar-refractivity contribution in [1.29, 1.82) is 0 Å². The monoisotopic (exact) mass is 363 g/mol. The van der Waals surface area contributed by atoms with Crippen LogP contribution in [0.3, 0.4) is 0 Å². The lowest BCUT2D eigenvalue weighted by Gasteiger charge is -2.16. The summed E-state index contributed by atoms with van der Waals surface area (Å²) >= 11 is 0. The van der Waals surface area contributed by atoms with Gasteiger partial charge in [0.25, 0.3) is 0 Å². The van der Waals surface area contributed by atoms with E-state index in [4.69, 9.17) is 10.5 Å². The molecule has 1 aromatic carbocycles. The first-order chi connectivity index (χ1) is 12.4. The van der Waals surface area contributed by atoms with Crippen molar-refractivity contribution in [3.05, 3.63) is 48.6 Å². The molecule has 1 rings (SSSR count). The summed E-state index contributed by atoms with van der Waals surface area (Å²) < 4.78 is 4.99. The largest absolute Gasteiger partial charge is 0.445 e. The fourth-order valence-corrected chi connectivity index (χ4v) is 2.08. The second-order valence-electron chi connectivity index (χ2n) is 5.69. The molecule has 0 radical (unpaired) electrons. The molecule has 0 fully saturated rings. The van der Waals surface area contributed by atoms with Crippen LogP contribution in [0.5, 0.6) is 0 Å². The average molecular weight is 363 g/mol. The van der Waals surface area contributed by atoms with Crippen LogP contribution in [0.15, 0.2) is 43.0 Å². The molecule has 8 heteroatoms. The van der Waals surface area contributed by atoms with Gasteiger partial charge >= 0.3 is 6.09 Å². The molecule has 0 aliphatic heterocycles. The van der Waals surface area contributed by atoms with Gasteiger partial charge in [0.1, 0.15) is 12.6 Å². The molecule has 0 aliphatic carbocycles. The summed E-state index contributed by atoms with van der Waals surface area (Å²) in [5.41, 5.74) is 6.05. The lowest BCUT2D eigenvalue weighted by molar-refractivity contribution is -0.128.